The maximum Gasteiger partial charge on any atom is 0.242 e. The van der Waals surface area contributed by atoms with Gasteiger partial charge in [-0.3, -0.25) is 0 Å². The van der Waals surface area contributed by atoms with E-state index in [4.69, 9.17) is 0 Å². The van der Waals surface area contributed by atoms with E-state index in [0.29, 0.717) is 13.1 Å². The Kier molecular flexibility index (Phi) is 5.17. The Balaban J connectivity index is 2.05. The van der Waals surface area contributed by atoms with E-state index in [1.165, 1.54) is 6.20 Å². The zero-order valence-corrected chi connectivity index (χ0v) is 13.1. The fourth-order valence-electron chi connectivity index (χ4n) is 2.00. The van der Waals surface area contributed by atoms with Gasteiger partial charge >= 0.3 is 0 Å². The summed E-state index contributed by atoms with van der Waals surface area (Å²) in [5.74, 6) is 0. The Hall–Kier alpha value is -1.63. The van der Waals surface area contributed by atoms with Gasteiger partial charge in [-0.1, -0.05) is 31.2 Å². The lowest BCUT2D eigenvalue weighted by Gasteiger charge is -2.07. The van der Waals surface area contributed by atoms with Crippen LogP contribution in [-0.4, -0.2) is 19.9 Å². The molecule has 3 N–H and O–H groups in total. The van der Waals surface area contributed by atoms with Gasteiger partial charge in [0.25, 0.3) is 0 Å². The van der Waals surface area contributed by atoms with Crippen molar-refractivity contribution in [3.8, 4) is 0 Å². The van der Waals surface area contributed by atoms with Gasteiger partial charge in [0.05, 0.1) is 4.90 Å². The average Bonchev–Trinajstić information content (AvgIpc) is 2.94. The lowest BCUT2D eigenvalue weighted by Crippen LogP contribution is -2.23. The fraction of sp³-hybridized carbons (Fsp3) is 0.333. The highest BCUT2D eigenvalue weighted by Gasteiger charge is 2.15. The maximum atomic E-state index is 12.3. The van der Waals surface area contributed by atoms with Crippen molar-refractivity contribution >= 4 is 10.0 Å². The number of aryl methyl sites for hydroxylation is 1. The van der Waals surface area contributed by atoms with Crippen molar-refractivity contribution in [2.24, 2.45) is 0 Å². The minimum atomic E-state index is -3.49. The minimum absolute atomic E-state index is 0.268. The lowest BCUT2D eigenvalue weighted by atomic mass is 10.1. The molecular formula is C15H21N3O2S. The van der Waals surface area contributed by atoms with Crippen LogP contribution >= 0.6 is 0 Å². The first-order chi connectivity index (χ1) is 10.0. The van der Waals surface area contributed by atoms with Gasteiger partial charge in [0, 0.05) is 25.0 Å². The van der Waals surface area contributed by atoms with Gasteiger partial charge in [0.1, 0.15) is 0 Å². The van der Waals surface area contributed by atoms with Gasteiger partial charge < -0.3 is 10.3 Å². The summed E-state index contributed by atoms with van der Waals surface area (Å²) < 4.78 is 27.1. The number of H-pyrrole nitrogens is 1. The number of aromatic nitrogens is 1. The van der Waals surface area contributed by atoms with Crippen molar-refractivity contribution < 1.29 is 8.42 Å². The summed E-state index contributed by atoms with van der Waals surface area (Å²) in [5, 5.41) is 3.15. The summed E-state index contributed by atoms with van der Waals surface area (Å²) in [4.78, 5) is 3.24. The van der Waals surface area contributed by atoms with Crippen LogP contribution in [0, 0.1) is 6.92 Å². The molecule has 0 bridgehead atoms. The summed E-state index contributed by atoms with van der Waals surface area (Å²) in [6.45, 7) is 5.73. The number of hydrogen-bond donors (Lipinski definition) is 3. The lowest BCUT2D eigenvalue weighted by molar-refractivity contribution is 0.581. The molecule has 0 aliphatic carbocycles. The van der Waals surface area contributed by atoms with Gasteiger partial charge in [-0.2, -0.15) is 0 Å². The first-order valence-electron chi connectivity index (χ1n) is 6.95. The summed E-state index contributed by atoms with van der Waals surface area (Å²) in [6, 6.07) is 9.39. The smallest absolute Gasteiger partial charge is 0.242 e. The third-order valence-electron chi connectivity index (χ3n) is 3.31. The van der Waals surface area contributed by atoms with Crippen LogP contribution in [0.25, 0.3) is 0 Å². The molecule has 1 aromatic heterocycles. The number of aromatic amines is 1. The van der Waals surface area contributed by atoms with Crippen molar-refractivity contribution in [2.75, 3.05) is 6.54 Å². The number of rotatable bonds is 7. The van der Waals surface area contributed by atoms with E-state index in [9.17, 15) is 8.42 Å². The highest BCUT2D eigenvalue weighted by molar-refractivity contribution is 7.89. The van der Waals surface area contributed by atoms with E-state index in [-0.39, 0.29) is 4.90 Å². The van der Waals surface area contributed by atoms with Crippen molar-refractivity contribution in [3.05, 3.63) is 53.3 Å². The van der Waals surface area contributed by atoms with Crippen molar-refractivity contribution in [2.45, 2.75) is 31.8 Å². The number of sulfonamides is 1. The van der Waals surface area contributed by atoms with E-state index in [1.54, 1.807) is 6.07 Å². The van der Waals surface area contributed by atoms with Crippen LogP contribution in [0.5, 0.6) is 0 Å². The minimum Gasteiger partial charge on any atom is -0.363 e. The van der Waals surface area contributed by atoms with Crippen molar-refractivity contribution in [1.82, 2.24) is 15.0 Å². The summed E-state index contributed by atoms with van der Waals surface area (Å²) in [7, 11) is -3.49. The molecule has 1 heterocycles. The van der Waals surface area contributed by atoms with Gasteiger partial charge in [-0.05, 0) is 30.7 Å². The molecule has 0 amide bonds. The Morgan fingerprint density at radius 2 is 1.95 bits per heavy atom. The second kappa shape index (κ2) is 6.89. The van der Waals surface area contributed by atoms with Gasteiger partial charge in [0.15, 0.2) is 0 Å². The van der Waals surface area contributed by atoms with Crippen molar-refractivity contribution in [1.29, 1.82) is 0 Å². The predicted octanol–water partition coefficient (Wildman–Crippen LogP) is 1.91. The largest absolute Gasteiger partial charge is 0.363 e. The molecule has 6 heteroatoms. The molecule has 0 saturated carbocycles. The fourth-order valence-corrected chi connectivity index (χ4v) is 3.02. The highest BCUT2D eigenvalue weighted by atomic mass is 32.2. The number of benzene rings is 1. The number of nitrogens with one attached hydrogen (secondary N) is 3. The Morgan fingerprint density at radius 1 is 1.19 bits per heavy atom. The molecule has 0 radical (unpaired) electrons. The Morgan fingerprint density at radius 3 is 2.67 bits per heavy atom. The van der Waals surface area contributed by atoms with E-state index >= 15 is 0 Å². The first kappa shape index (κ1) is 15.8. The molecule has 0 aliphatic heterocycles. The topological polar surface area (TPSA) is 74.0 Å². The summed E-state index contributed by atoms with van der Waals surface area (Å²) in [5.41, 5.74) is 2.90. The second-order valence-corrected chi connectivity index (χ2v) is 6.66. The standard InChI is InChI=1S/C15H21N3O2S/c1-3-16-10-14-8-15(11-17-14)21(19,20)18-9-13-7-5-4-6-12(13)2/h4-8,11,16-18H,3,9-10H2,1-2H3. The molecule has 0 fully saturated rings. The highest BCUT2D eigenvalue weighted by Crippen LogP contribution is 2.12. The molecule has 0 spiro atoms. The summed E-state index contributed by atoms with van der Waals surface area (Å²) >= 11 is 0. The molecular weight excluding hydrogens is 286 g/mol. The van der Waals surface area contributed by atoms with Crippen LogP contribution in [0.3, 0.4) is 0 Å². The van der Waals surface area contributed by atoms with Crippen LogP contribution < -0.4 is 10.0 Å². The second-order valence-electron chi connectivity index (χ2n) is 4.89. The zero-order chi connectivity index (χ0) is 15.3. The van der Waals surface area contributed by atoms with Crippen LogP contribution in [0.4, 0.5) is 0 Å². The van der Waals surface area contributed by atoms with E-state index in [0.717, 1.165) is 23.4 Å². The molecule has 0 saturated heterocycles. The monoisotopic (exact) mass is 307 g/mol. The van der Waals surface area contributed by atoms with Crippen LogP contribution in [0.1, 0.15) is 23.7 Å². The third kappa shape index (κ3) is 4.17. The van der Waals surface area contributed by atoms with Crippen LogP contribution in [0.2, 0.25) is 0 Å². The average molecular weight is 307 g/mol. The SMILES string of the molecule is CCNCc1cc(S(=O)(=O)NCc2ccccc2C)c[nH]1. The van der Waals surface area contributed by atoms with Gasteiger partial charge in [-0.25, -0.2) is 13.1 Å². The molecule has 114 valence electrons. The molecule has 2 aromatic rings. The Labute approximate surface area is 125 Å². The normalized spacial score (nSPS) is 11.7. The molecule has 5 nitrogen and oxygen atoms in total. The molecule has 2 rings (SSSR count). The molecule has 1 aromatic carbocycles. The van der Waals surface area contributed by atoms with Crippen LogP contribution in [-0.2, 0) is 23.1 Å². The molecule has 0 unspecified atom stereocenters. The maximum absolute atomic E-state index is 12.3. The van der Waals surface area contributed by atoms with E-state index < -0.39 is 10.0 Å². The van der Waals surface area contributed by atoms with Crippen LogP contribution in [0.15, 0.2) is 41.4 Å². The number of hydrogen-bond acceptors (Lipinski definition) is 3. The third-order valence-corrected chi connectivity index (χ3v) is 4.69. The molecule has 0 aliphatic rings. The quantitative estimate of drug-likeness (QED) is 0.731. The zero-order valence-electron chi connectivity index (χ0n) is 12.3. The Bertz CT molecular complexity index is 692. The molecule has 21 heavy (non-hydrogen) atoms. The van der Waals surface area contributed by atoms with E-state index in [2.05, 4.69) is 15.0 Å². The van der Waals surface area contributed by atoms with Gasteiger partial charge in [-0.15, -0.1) is 0 Å². The van der Waals surface area contributed by atoms with Gasteiger partial charge in [0.2, 0.25) is 10.0 Å². The summed E-state index contributed by atoms with van der Waals surface area (Å²) in [6.07, 6.45) is 1.52. The predicted molar refractivity (Wildman–Crippen MR) is 83.4 cm³/mol. The first-order valence-corrected chi connectivity index (χ1v) is 8.43. The van der Waals surface area contributed by atoms with E-state index in [1.807, 2.05) is 38.1 Å². The van der Waals surface area contributed by atoms with Crippen molar-refractivity contribution in [3.63, 3.8) is 0 Å². The molecule has 0 atom stereocenters.